The van der Waals surface area contributed by atoms with Crippen LogP contribution in [0.15, 0.2) is 0 Å². The number of halogens is 1. The van der Waals surface area contributed by atoms with Gasteiger partial charge in [-0.05, 0) is 19.3 Å². The first kappa shape index (κ1) is 22.1. The highest BCUT2D eigenvalue weighted by Crippen LogP contribution is 2.18. The van der Waals surface area contributed by atoms with Gasteiger partial charge in [0.1, 0.15) is 0 Å². The summed E-state index contributed by atoms with van der Waals surface area (Å²) in [5, 5.41) is 3.00. The van der Waals surface area contributed by atoms with Crippen LogP contribution in [0.2, 0.25) is 0 Å². The number of nitrogens with zero attached hydrogens (tertiary/aromatic N) is 1. The number of unbranched alkanes of at least 4 members (excludes halogenated alkanes) is 2. The van der Waals surface area contributed by atoms with E-state index in [0.717, 1.165) is 38.6 Å². The van der Waals surface area contributed by atoms with Gasteiger partial charge < -0.3 is 20.7 Å². The van der Waals surface area contributed by atoms with Crippen LogP contribution in [-0.4, -0.2) is 56.1 Å². The molecule has 0 aliphatic carbocycles. The summed E-state index contributed by atoms with van der Waals surface area (Å²) in [5.41, 5.74) is 5.54. The maximum atomic E-state index is 12.1. The molecule has 0 aromatic rings. The molecule has 1 saturated heterocycles. The van der Waals surface area contributed by atoms with Crippen LogP contribution in [0.25, 0.3) is 0 Å². The van der Waals surface area contributed by atoms with E-state index < -0.39 is 0 Å². The number of nitrogens with two attached hydrogens (primary N) is 1. The number of carbonyl (C=O) groups is 2. The number of piperidine rings is 1. The first-order valence-electron chi connectivity index (χ1n) is 8.40. The van der Waals surface area contributed by atoms with Crippen molar-refractivity contribution in [2.45, 2.75) is 51.6 Å². The van der Waals surface area contributed by atoms with Gasteiger partial charge in [0.15, 0.2) is 0 Å². The third kappa shape index (κ3) is 7.99. The van der Waals surface area contributed by atoms with Crippen LogP contribution in [-0.2, 0) is 14.3 Å². The van der Waals surface area contributed by atoms with E-state index in [2.05, 4.69) is 12.2 Å². The van der Waals surface area contributed by atoms with E-state index >= 15 is 0 Å². The molecule has 6 nitrogen and oxygen atoms in total. The zero-order valence-corrected chi connectivity index (χ0v) is 15.2. The van der Waals surface area contributed by atoms with Crippen molar-refractivity contribution in [2.75, 3.05) is 33.3 Å². The van der Waals surface area contributed by atoms with E-state index in [1.807, 2.05) is 4.90 Å². The molecule has 1 aliphatic rings. The molecule has 23 heavy (non-hydrogen) atoms. The SMILES string of the molecule is CCCCCNC(=O)C1CCN(C(=O)CC(CN)OC)CC1.Cl. The molecule has 7 heteroatoms. The quantitative estimate of drug-likeness (QED) is 0.615. The lowest BCUT2D eigenvalue weighted by Crippen LogP contribution is -2.44. The minimum Gasteiger partial charge on any atom is -0.380 e. The molecule has 0 radical (unpaired) electrons. The van der Waals surface area contributed by atoms with E-state index in [-0.39, 0.29) is 36.2 Å². The predicted octanol–water partition coefficient (Wildman–Crippen LogP) is 1.32. The topological polar surface area (TPSA) is 84.7 Å². The van der Waals surface area contributed by atoms with Crippen molar-refractivity contribution in [1.82, 2.24) is 10.2 Å². The van der Waals surface area contributed by atoms with Crippen LogP contribution < -0.4 is 11.1 Å². The van der Waals surface area contributed by atoms with E-state index in [1.165, 1.54) is 0 Å². The summed E-state index contributed by atoms with van der Waals surface area (Å²) in [5.74, 6) is 0.248. The molecular formula is C16H32ClN3O3. The summed E-state index contributed by atoms with van der Waals surface area (Å²) in [4.78, 5) is 26.0. The molecule has 0 spiro atoms. The molecule has 1 atom stereocenters. The highest BCUT2D eigenvalue weighted by atomic mass is 35.5. The first-order chi connectivity index (χ1) is 10.6. The second-order valence-corrected chi connectivity index (χ2v) is 5.95. The average molecular weight is 350 g/mol. The molecule has 0 saturated carbocycles. The van der Waals surface area contributed by atoms with Gasteiger partial charge in [0.2, 0.25) is 11.8 Å². The van der Waals surface area contributed by atoms with Crippen LogP contribution in [0.4, 0.5) is 0 Å². The van der Waals surface area contributed by atoms with Crippen molar-refractivity contribution in [3.63, 3.8) is 0 Å². The molecule has 1 aliphatic heterocycles. The molecule has 1 fully saturated rings. The van der Waals surface area contributed by atoms with Gasteiger partial charge in [0.25, 0.3) is 0 Å². The van der Waals surface area contributed by atoms with E-state index in [0.29, 0.717) is 26.1 Å². The summed E-state index contributed by atoms with van der Waals surface area (Å²) in [7, 11) is 1.57. The van der Waals surface area contributed by atoms with E-state index in [9.17, 15) is 9.59 Å². The molecule has 1 unspecified atom stereocenters. The second kappa shape index (κ2) is 12.6. The summed E-state index contributed by atoms with van der Waals surface area (Å²) < 4.78 is 5.15. The third-order valence-electron chi connectivity index (χ3n) is 4.30. The molecule has 0 aromatic carbocycles. The van der Waals surface area contributed by atoms with Crippen LogP contribution in [0, 0.1) is 5.92 Å². The standard InChI is InChI=1S/C16H31N3O3.ClH/c1-3-4-5-8-18-16(21)13-6-9-19(10-7-13)15(20)11-14(12-17)22-2;/h13-14H,3-12,17H2,1-2H3,(H,18,21);1H. The highest BCUT2D eigenvalue weighted by molar-refractivity contribution is 5.85. The normalized spacial score (nSPS) is 16.6. The lowest BCUT2D eigenvalue weighted by atomic mass is 9.95. The van der Waals surface area contributed by atoms with Gasteiger partial charge >= 0.3 is 0 Å². The summed E-state index contributed by atoms with van der Waals surface area (Å²) in [6.07, 6.45) is 4.93. The fourth-order valence-electron chi connectivity index (χ4n) is 2.71. The Balaban J connectivity index is 0.00000484. The predicted molar refractivity (Wildman–Crippen MR) is 93.6 cm³/mol. The number of methoxy groups -OCH3 is 1. The van der Waals surface area contributed by atoms with Gasteiger partial charge in [-0.15, -0.1) is 12.4 Å². The van der Waals surface area contributed by atoms with Crippen LogP contribution in [0.1, 0.15) is 45.4 Å². The van der Waals surface area contributed by atoms with Crippen molar-refractivity contribution in [2.24, 2.45) is 11.7 Å². The molecule has 1 heterocycles. The maximum absolute atomic E-state index is 12.1. The minimum absolute atomic E-state index is 0. The van der Waals surface area contributed by atoms with Gasteiger partial charge in [-0.25, -0.2) is 0 Å². The van der Waals surface area contributed by atoms with Crippen LogP contribution in [0.3, 0.4) is 0 Å². The number of nitrogens with one attached hydrogen (secondary N) is 1. The fraction of sp³-hybridized carbons (Fsp3) is 0.875. The number of hydrogen-bond donors (Lipinski definition) is 2. The lowest BCUT2D eigenvalue weighted by molar-refractivity contribution is -0.137. The van der Waals surface area contributed by atoms with E-state index in [4.69, 9.17) is 10.5 Å². The zero-order chi connectivity index (χ0) is 16.4. The number of likely N-dealkylation sites (tertiary alicyclic amines) is 1. The Hall–Kier alpha value is -0.850. The Bertz CT molecular complexity index is 343. The molecule has 0 aromatic heterocycles. The van der Waals surface area contributed by atoms with Crippen LogP contribution >= 0.6 is 12.4 Å². The fourth-order valence-corrected chi connectivity index (χ4v) is 2.71. The molecule has 1 rings (SSSR count). The summed E-state index contributed by atoms with van der Waals surface area (Å²) >= 11 is 0. The minimum atomic E-state index is -0.216. The third-order valence-corrected chi connectivity index (χ3v) is 4.30. The molecule has 3 N–H and O–H groups in total. The lowest BCUT2D eigenvalue weighted by Gasteiger charge is -2.32. The van der Waals surface area contributed by atoms with Crippen molar-refractivity contribution >= 4 is 24.2 Å². The van der Waals surface area contributed by atoms with Gasteiger partial charge in [0, 0.05) is 39.2 Å². The molecular weight excluding hydrogens is 318 g/mol. The number of rotatable bonds is 9. The van der Waals surface area contributed by atoms with Gasteiger partial charge in [0.05, 0.1) is 12.5 Å². The Labute approximate surface area is 145 Å². The largest absolute Gasteiger partial charge is 0.380 e. The number of carbonyl (C=O) groups excluding carboxylic acids is 2. The van der Waals surface area contributed by atoms with Gasteiger partial charge in [-0.3, -0.25) is 9.59 Å². The maximum Gasteiger partial charge on any atom is 0.225 e. The number of amides is 2. The van der Waals surface area contributed by atoms with Crippen LogP contribution in [0.5, 0.6) is 0 Å². The summed E-state index contributed by atoms with van der Waals surface area (Å²) in [6, 6.07) is 0. The number of hydrogen-bond acceptors (Lipinski definition) is 4. The van der Waals surface area contributed by atoms with Crippen molar-refractivity contribution in [3.05, 3.63) is 0 Å². The van der Waals surface area contributed by atoms with E-state index in [1.54, 1.807) is 7.11 Å². The Morgan fingerprint density at radius 2 is 1.96 bits per heavy atom. The smallest absolute Gasteiger partial charge is 0.225 e. The summed E-state index contributed by atoms with van der Waals surface area (Å²) in [6.45, 7) is 4.55. The first-order valence-corrected chi connectivity index (χ1v) is 8.40. The highest BCUT2D eigenvalue weighted by Gasteiger charge is 2.27. The van der Waals surface area contributed by atoms with Crippen molar-refractivity contribution < 1.29 is 14.3 Å². The van der Waals surface area contributed by atoms with Crippen molar-refractivity contribution in [3.8, 4) is 0 Å². The zero-order valence-electron chi connectivity index (χ0n) is 14.4. The molecule has 2 amide bonds. The monoisotopic (exact) mass is 349 g/mol. The van der Waals surface area contributed by atoms with Gasteiger partial charge in [-0.1, -0.05) is 19.8 Å². The molecule has 136 valence electrons. The Kier molecular flexibility index (Phi) is 12.1. The van der Waals surface area contributed by atoms with Gasteiger partial charge in [-0.2, -0.15) is 0 Å². The average Bonchev–Trinajstić information content (AvgIpc) is 2.56. The Morgan fingerprint density at radius 3 is 2.48 bits per heavy atom. The number of ether oxygens (including phenoxy) is 1. The molecule has 0 bridgehead atoms. The van der Waals surface area contributed by atoms with Crippen molar-refractivity contribution in [1.29, 1.82) is 0 Å². The second-order valence-electron chi connectivity index (χ2n) is 5.95. The Morgan fingerprint density at radius 1 is 1.30 bits per heavy atom.